The number of aromatic nitrogens is 2. The van der Waals surface area contributed by atoms with Crippen molar-refractivity contribution in [2.45, 2.75) is 31.2 Å². The average molecular weight is 267 g/mol. The third-order valence-electron chi connectivity index (χ3n) is 2.64. The monoisotopic (exact) mass is 267 g/mol. The van der Waals surface area contributed by atoms with Gasteiger partial charge in [0, 0.05) is 25.5 Å². The van der Waals surface area contributed by atoms with Gasteiger partial charge in [0.15, 0.2) is 5.16 Å². The number of rotatable bonds is 3. The van der Waals surface area contributed by atoms with E-state index in [0.717, 1.165) is 0 Å². The molecule has 0 N–H and O–H groups in total. The van der Waals surface area contributed by atoms with Crippen LogP contribution in [0.15, 0.2) is 23.6 Å². The topological polar surface area (TPSA) is 55.3 Å². The molecule has 0 unspecified atom stereocenters. The third-order valence-corrected chi connectivity index (χ3v) is 3.50. The predicted octanol–water partition coefficient (Wildman–Crippen LogP) is 1.20. The fraction of sp³-hybridized carbons (Fsp3) is 0.583. The van der Waals surface area contributed by atoms with E-state index in [4.69, 9.17) is 4.74 Å². The lowest BCUT2D eigenvalue weighted by Gasteiger charge is -2.35. The minimum atomic E-state index is 0.107. The van der Waals surface area contributed by atoms with E-state index in [1.165, 1.54) is 11.8 Å². The maximum atomic E-state index is 12.1. The number of carbonyl (C=O) groups is 1. The summed E-state index contributed by atoms with van der Waals surface area (Å²) in [5.41, 5.74) is 0. The summed E-state index contributed by atoms with van der Waals surface area (Å²) in [7, 11) is 0. The van der Waals surface area contributed by atoms with Crippen molar-refractivity contribution in [3.05, 3.63) is 18.5 Å². The first-order valence-electron chi connectivity index (χ1n) is 5.98. The zero-order chi connectivity index (χ0) is 13.0. The van der Waals surface area contributed by atoms with Crippen LogP contribution in [0.3, 0.4) is 0 Å². The first kappa shape index (κ1) is 13.3. The highest BCUT2D eigenvalue weighted by molar-refractivity contribution is 7.99. The van der Waals surface area contributed by atoms with E-state index in [-0.39, 0.29) is 18.1 Å². The second-order valence-corrected chi connectivity index (χ2v) is 5.32. The summed E-state index contributed by atoms with van der Waals surface area (Å²) in [5.74, 6) is 0.498. The van der Waals surface area contributed by atoms with Gasteiger partial charge in [-0.3, -0.25) is 4.79 Å². The van der Waals surface area contributed by atoms with Gasteiger partial charge in [0.05, 0.1) is 18.0 Å². The Kier molecular flexibility index (Phi) is 4.54. The Balaban J connectivity index is 1.84. The minimum absolute atomic E-state index is 0.107. The van der Waals surface area contributed by atoms with E-state index >= 15 is 0 Å². The molecule has 18 heavy (non-hydrogen) atoms. The van der Waals surface area contributed by atoms with E-state index in [2.05, 4.69) is 9.97 Å². The van der Waals surface area contributed by atoms with Crippen molar-refractivity contribution in [3.63, 3.8) is 0 Å². The van der Waals surface area contributed by atoms with Crippen LogP contribution in [0, 0.1) is 0 Å². The van der Waals surface area contributed by atoms with Gasteiger partial charge in [0.1, 0.15) is 0 Å². The standard InChI is InChI=1S/C12H17N3O2S/c1-9-6-15(7-10(2)17-9)11(16)8-18-12-13-4-3-5-14-12/h3-5,9-10H,6-8H2,1-2H3/t9-,10-/m0/s1. The van der Waals surface area contributed by atoms with Crippen LogP contribution >= 0.6 is 11.8 Å². The molecule has 0 aromatic carbocycles. The molecule has 0 saturated carbocycles. The third kappa shape index (κ3) is 3.68. The largest absolute Gasteiger partial charge is 0.372 e. The fourth-order valence-electron chi connectivity index (χ4n) is 1.96. The van der Waals surface area contributed by atoms with Gasteiger partial charge in [-0.05, 0) is 19.9 Å². The first-order valence-corrected chi connectivity index (χ1v) is 6.97. The molecule has 2 heterocycles. The van der Waals surface area contributed by atoms with Crippen LogP contribution in [0.25, 0.3) is 0 Å². The molecule has 1 aliphatic rings. The molecule has 1 aromatic heterocycles. The van der Waals surface area contributed by atoms with E-state index in [1.807, 2.05) is 18.7 Å². The number of hydrogen-bond acceptors (Lipinski definition) is 5. The Hall–Kier alpha value is -1.14. The molecule has 0 aliphatic carbocycles. The van der Waals surface area contributed by atoms with Crippen molar-refractivity contribution in [1.82, 2.24) is 14.9 Å². The van der Waals surface area contributed by atoms with Crippen LogP contribution in [-0.2, 0) is 9.53 Å². The quantitative estimate of drug-likeness (QED) is 0.608. The molecule has 0 bridgehead atoms. The van der Waals surface area contributed by atoms with Gasteiger partial charge in [0.2, 0.25) is 5.91 Å². The highest BCUT2D eigenvalue weighted by Gasteiger charge is 2.25. The molecular weight excluding hydrogens is 250 g/mol. The van der Waals surface area contributed by atoms with Crippen molar-refractivity contribution in [1.29, 1.82) is 0 Å². The van der Waals surface area contributed by atoms with Crippen LogP contribution < -0.4 is 0 Å². The molecule has 1 aliphatic heterocycles. The molecule has 0 radical (unpaired) electrons. The molecule has 2 atom stereocenters. The van der Waals surface area contributed by atoms with Gasteiger partial charge in [0.25, 0.3) is 0 Å². The van der Waals surface area contributed by atoms with E-state index in [9.17, 15) is 4.79 Å². The van der Waals surface area contributed by atoms with Gasteiger partial charge in [-0.1, -0.05) is 11.8 Å². The summed E-state index contributed by atoms with van der Waals surface area (Å²) in [6.45, 7) is 5.31. The number of morpholine rings is 1. The first-order chi connectivity index (χ1) is 8.65. The predicted molar refractivity (Wildman–Crippen MR) is 69.3 cm³/mol. The lowest BCUT2D eigenvalue weighted by molar-refractivity contribution is -0.140. The number of thioether (sulfide) groups is 1. The zero-order valence-corrected chi connectivity index (χ0v) is 11.4. The van der Waals surface area contributed by atoms with Crippen molar-refractivity contribution in [2.24, 2.45) is 0 Å². The molecule has 1 aromatic rings. The minimum Gasteiger partial charge on any atom is -0.372 e. The lowest BCUT2D eigenvalue weighted by atomic mass is 10.2. The van der Waals surface area contributed by atoms with Crippen molar-refractivity contribution < 1.29 is 9.53 Å². The molecular formula is C12H17N3O2S. The molecule has 1 amide bonds. The lowest BCUT2D eigenvalue weighted by Crippen LogP contribution is -2.48. The summed E-state index contributed by atoms with van der Waals surface area (Å²) < 4.78 is 5.60. The van der Waals surface area contributed by atoms with Gasteiger partial charge in [-0.25, -0.2) is 9.97 Å². The van der Waals surface area contributed by atoms with Crippen LogP contribution in [0.5, 0.6) is 0 Å². The van der Waals surface area contributed by atoms with Crippen molar-refractivity contribution in [2.75, 3.05) is 18.8 Å². The molecule has 6 heteroatoms. The normalized spacial score (nSPS) is 24.0. The molecule has 0 spiro atoms. The van der Waals surface area contributed by atoms with Gasteiger partial charge < -0.3 is 9.64 Å². The summed E-state index contributed by atoms with van der Waals surface area (Å²) in [5, 5.41) is 0.639. The smallest absolute Gasteiger partial charge is 0.233 e. The molecule has 1 saturated heterocycles. The Morgan fingerprint density at radius 1 is 1.39 bits per heavy atom. The average Bonchev–Trinajstić information content (AvgIpc) is 2.36. The van der Waals surface area contributed by atoms with E-state index < -0.39 is 0 Å². The zero-order valence-electron chi connectivity index (χ0n) is 10.6. The number of carbonyl (C=O) groups excluding carboxylic acids is 1. The molecule has 98 valence electrons. The highest BCUT2D eigenvalue weighted by Crippen LogP contribution is 2.15. The van der Waals surface area contributed by atoms with E-state index in [1.54, 1.807) is 18.5 Å². The summed E-state index contributed by atoms with van der Waals surface area (Å²) in [6, 6.07) is 1.76. The Morgan fingerprint density at radius 2 is 2.00 bits per heavy atom. The second-order valence-electron chi connectivity index (χ2n) is 4.38. The Morgan fingerprint density at radius 3 is 2.61 bits per heavy atom. The Bertz CT molecular complexity index is 392. The number of nitrogens with zero attached hydrogens (tertiary/aromatic N) is 3. The molecule has 5 nitrogen and oxygen atoms in total. The Labute approximate surface area is 111 Å². The summed E-state index contributed by atoms with van der Waals surface area (Å²) >= 11 is 1.37. The van der Waals surface area contributed by atoms with Crippen LogP contribution in [0.2, 0.25) is 0 Å². The summed E-state index contributed by atoms with van der Waals surface area (Å²) in [6.07, 6.45) is 3.57. The van der Waals surface area contributed by atoms with Crippen molar-refractivity contribution >= 4 is 17.7 Å². The SMILES string of the molecule is C[C@H]1CN(C(=O)CSc2ncccn2)C[C@H](C)O1. The van der Waals surface area contributed by atoms with Gasteiger partial charge in [-0.2, -0.15) is 0 Å². The molecule has 2 rings (SSSR count). The molecule has 1 fully saturated rings. The maximum Gasteiger partial charge on any atom is 0.233 e. The summed E-state index contributed by atoms with van der Waals surface area (Å²) in [4.78, 5) is 22.1. The number of amides is 1. The van der Waals surface area contributed by atoms with Crippen LogP contribution in [0.4, 0.5) is 0 Å². The van der Waals surface area contributed by atoms with Crippen LogP contribution in [-0.4, -0.2) is 51.8 Å². The van der Waals surface area contributed by atoms with E-state index in [0.29, 0.717) is 24.0 Å². The highest BCUT2D eigenvalue weighted by atomic mass is 32.2. The number of ether oxygens (including phenoxy) is 1. The van der Waals surface area contributed by atoms with Crippen molar-refractivity contribution in [3.8, 4) is 0 Å². The second kappa shape index (κ2) is 6.15. The maximum absolute atomic E-state index is 12.1. The van der Waals surface area contributed by atoms with Crippen LogP contribution in [0.1, 0.15) is 13.8 Å². The van der Waals surface area contributed by atoms with Gasteiger partial charge in [-0.15, -0.1) is 0 Å². The number of hydrogen-bond donors (Lipinski definition) is 0. The van der Waals surface area contributed by atoms with Gasteiger partial charge >= 0.3 is 0 Å². The fourth-order valence-corrected chi connectivity index (χ4v) is 2.66.